The molecule has 0 aromatic heterocycles. The molecular formula is C31H58N+. The molecule has 1 atom stereocenters. The van der Waals surface area contributed by atoms with E-state index in [1.807, 2.05) is 0 Å². The number of rotatable bonds is 15. The van der Waals surface area contributed by atoms with Crippen molar-refractivity contribution in [2.24, 2.45) is 10.8 Å². The van der Waals surface area contributed by atoms with Crippen molar-refractivity contribution in [2.45, 2.75) is 144 Å². The lowest BCUT2D eigenvalue weighted by atomic mass is 9.78. The van der Waals surface area contributed by atoms with Crippen LogP contribution in [0.2, 0.25) is 0 Å². The van der Waals surface area contributed by atoms with Gasteiger partial charge in [0.15, 0.2) is 5.71 Å². The van der Waals surface area contributed by atoms with Gasteiger partial charge in [0.25, 0.3) is 0 Å². The third kappa shape index (κ3) is 11.9. The second-order valence-electron chi connectivity index (χ2n) is 11.5. The minimum absolute atomic E-state index is 0.140. The second kappa shape index (κ2) is 15.9. The van der Waals surface area contributed by atoms with Crippen molar-refractivity contribution >= 4 is 5.71 Å². The first-order chi connectivity index (χ1) is 15.2. The van der Waals surface area contributed by atoms with Crippen LogP contribution in [0.3, 0.4) is 0 Å². The number of nitrogens with zero attached hydrogens (tertiary/aromatic N) is 1. The molecule has 186 valence electrons. The summed E-state index contributed by atoms with van der Waals surface area (Å²) in [4.78, 5) is 0. The predicted molar refractivity (Wildman–Crippen MR) is 146 cm³/mol. The van der Waals surface area contributed by atoms with Crippen LogP contribution in [0.5, 0.6) is 0 Å². The maximum absolute atomic E-state index is 2.57. The van der Waals surface area contributed by atoms with Gasteiger partial charge < -0.3 is 0 Å². The monoisotopic (exact) mass is 444 g/mol. The summed E-state index contributed by atoms with van der Waals surface area (Å²) in [5, 5.41) is 0. The molecular weight excluding hydrogens is 386 g/mol. The highest BCUT2D eigenvalue weighted by Gasteiger charge is 2.30. The van der Waals surface area contributed by atoms with Crippen LogP contribution >= 0.6 is 0 Å². The van der Waals surface area contributed by atoms with Gasteiger partial charge in [-0.15, -0.1) is 0 Å². The van der Waals surface area contributed by atoms with Crippen LogP contribution in [0.4, 0.5) is 0 Å². The fourth-order valence-corrected chi connectivity index (χ4v) is 5.25. The smallest absolute Gasteiger partial charge is 0.161 e. The Bertz CT molecular complexity index is 592. The largest absolute Gasteiger partial charge is 0.239 e. The van der Waals surface area contributed by atoms with E-state index >= 15 is 0 Å². The molecule has 0 aromatic carbocycles. The lowest BCUT2D eigenvalue weighted by Crippen LogP contribution is -2.32. The molecule has 1 aliphatic rings. The van der Waals surface area contributed by atoms with E-state index < -0.39 is 0 Å². The standard InChI is InChI=1S/C31H58N/c1-8-10-11-12-13-14-15-16-19-22-28(3)27-31(6,9-2)25-24-30(4,5)29-23-20-17-18-21-26-32(29)7/h24-25,27H,8-23,26H2,1-7H3/q+1/b25-24+,28-27-,32-29?. The lowest BCUT2D eigenvalue weighted by Gasteiger charge is -2.27. The molecule has 1 aliphatic heterocycles. The van der Waals surface area contributed by atoms with Gasteiger partial charge in [-0.2, -0.15) is 0 Å². The van der Waals surface area contributed by atoms with Gasteiger partial charge in [0.1, 0.15) is 13.6 Å². The molecule has 0 saturated carbocycles. The molecule has 1 rings (SSSR count). The van der Waals surface area contributed by atoms with Crippen molar-refractivity contribution < 1.29 is 4.58 Å². The zero-order valence-electron chi connectivity index (χ0n) is 23.2. The normalized spacial score (nSPS) is 18.7. The Morgan fingerprint density at radius 1 is 0.812 bits per heavy atom. The first kappa shape index (κ1) is 29.2. The van der Waals surface area contributed by atoms with E-state index in [1.165, 1.54) is 109 Å². The van der Waals surface area contributed by atoms with E-state index in [2.05, 4.69) is 71.4 Å². The zero-order valence-corrected chi connectivity index (χ0v) is 23.2. The molecule has 0 spiro atoms. The number of allylic oxidation sites excluding steroid dienone is 4. The Hall–Kier alpha value is -0.850. The summed E-state index contributed by atoms with van der Waals surface area (Å²) in [6.45, 7) is 15.5. The average Bonchev–Trinajstić information content (AvgIpc) is 2.74. The van der Waals surface area contributed by atoms with E-state index in [0.717, 1.165) is 0 Å². The van der Waals surface area contributed by atoms with Crippen LogP contribution in [-0.4, -0.2) is 23.9 Å². The van der Waals surface area contributed by atoms with Gasteiger partial charge >= 0.3 is 0 Å². The number of hydrogen-bond donors (Lipinski definition) is 0. The Morgan fingerprint density at radius 2 is 1.41 bits per heavy atom. The van der Waals surface area contributed by atoms with Gasteiger partial charge in [-0.05, 0) is 52.9 Å². The minimum Gasteiger partial charge on any atom is -0.239 e. The topological polar surface area (TPSA) is 3.01 Å². The highest BCUT2D eigenvalue weighted by molar-refractivity contribution is 5.87. The van der Waals surface area contributed by atoms with Gasteiger partial charge in [0.05, 0.1) is 5.41 Å². The van der Waals surface area contributed by atoms with Crippen LogP contribution in [0.25, 0.3) is 0 Å². The molecule has 0 fully saturated rings. The van der Waals surface area contributed by atoms with Gasteiger partial charge in [0, 0.05) is 18.3 Å². The molecule has 0 aromatic rings. The van der Waals surface area contributed by atoms with Crippen LogP contribution in [-0.2, 0) is 0 Å². The summed E-state index contributed by atoms with van der Waals surface area (Å²) in [6.07, 6.45) is 29.5. The third-order valence-electron chi connectivity index (χ3n) is 7.75. The summed E-state index contributed by atoms with van der Waals surface area (Å²) >= 11 is 0. The molecule has 0 radical (unpaired) electrons. The summed E-state index contributed by atoms with van der Waals surface area (Å²) in [5.41, 5.74) is 3.51. The quantitative estimate of drug-likeness (QED) is 0.134. The maximum atomic E-state index is 2.57. The van der Waals surface area contributed by atoms with Crippen molar-refractivity contribution in [2.75, 3.05) is 13.6 Å². The van der Waals surface area contributed by atoms with E-state index in [4.69, 9.17) is 0 Å². The fourth-order valence-electron chi connectivity index (χ4n) is 5.25. The zero-order chi connectivity index (χ0) is 23.9. The molecule has 0 amide bonds. The number of unbranched alkanes of at least 4 members (excludes halogenated alkanes) is 8. The van der Waals surface area contributed by atoms with Crippen LogP contribution < -0.4 is 0 Å². The van der Waals surface area contributed by atoms with Crippen molar-refractivity contribution in [3.63, 3.8) is 0 Å². The maximum Gasteiger partial charge on any atom is 0.161 e. The highest BCUT2D eigenvalue weighted by Crippen LogP contribution is 2.32. The van der Waals surface area contributed by atoms with Crippen molar-refractivity contribution in [1.29, 1.82) is 0 Å². The molecule has 1 nitrogen and oxygen atoms in total. The first-order valence-corrected chi connectivity index (χ1v) is 14.2. The van der Waals surface area contributed by atoms with Crippen molar-refractivity contribution in [1.82, 2.24) is 0 Å². The third-order valence-corrected chi connectivity index (χ3v) is 7.75. The van der Waals surface area contributed by atoms with E-state index in [9.17, 15) is 0 Å². The highest BCUT2D eigenvalue weighted by atomic mass is 15.0. The summed E-state index contributed by atoms with van der Waals surface area (Å²) in [5.74, 6) is 0. The van der Waals surface area contributed by atoms with E-state index in [1.54, 1.807) is 11.3 Å². The molecule has 0 saturated heterocycles. The van der Waals surface area contributed by atoms with E-state index in [0.29, 0.717) is 0 Å². The van der Waals surface area contributed by atoms with Gasteiger partial charge in [-0.1, -0.05) is 102 Å². The fraction of sp³-hybridized carbons (Fsp3) is 0.839. The molecule has 0 N–H and O–H groups in total. The summed E-state index contributed by atoms with van der Waals surface area (Å²) in [7, 11) is 2.31. The Morgan fingerprint density at radius 3 is 2.03 bits per heavy atom. The molecule has 1 heterocycles. The SMILES string of the molecule is CCCCCCCCCCC/C(C)=C\C(C)(/C=C/C(C)(C)C1=[N+](C)CCCCCC1)CC. The van der Waals surface area contributed by atoms with Crippen molar-refractivity contribution in [3.05, 3.63) is 23.8 Å². The Kier molecular flexibility index (Phi) is 14.5. The molecule has 0 aliphatic carbocycles. The molecule has 1 heteroatoms. The second-order valence-corrected chi connectivity index (χ2v) is 11.5. The first-order valence-electron chi connectivity index (χ1n) is 14.2. The molecule has 1 unspecified atom stereocenters. The van der Waals surface area contributed by atoms with Crippen LogP contribution in [0.1, 0.15) is 144 Å². The minimum atomic E-state index is 0.140. The Labute approximate surface area is 202 Å². The molecule has 0 bridgehead atoms. The number of hydrogen-bond acceptors (Lipinski definition) is 0. The van der Waals surface area contributed by atoms with Crippen molar-refractivity contribution in [3.8, 4) is 0 Å². The predicted octanol–water partition coefficient (Wildman–Crippen LogP) is 9.90. The molecule has 32 heavy (non-hydrogen) atoms. The van der Waals surface area contributed by atoms with Gasteiger partial charge in [0.2, 0.25) is 0 Å². The van der Waals surface area contributed by atoms with Crippen LogP contribution in [0, 0.1) is 10.8 Å². The Balaban J connectivity index is 2.58. The summed E-state index contributed by atoms with van der Waals surface area (Å²) < 4.78 is 2.55. The summed E-state index contributed by atoms with van der Waals surface area (Å²) in [6, 6.07) is 0. The van der Waals surface area contributed by atoms with Crippen LogP contribution in [0.15, 0.2) is 23.8 Å². The van der Waals surface area contributed by atoms with Gasteiger partial charge in [-0.3, -0.25) is 0 Å². The lowest BCUT2D eigenvalue weighted by molar-refractivity contribution is -0.503. The van der Waals surface area contributed by atoms with Gasteiger partial charge in [-0.25, -0.2) is 4.58 Å². The average molecular weight is 445 g/mol. The van der Waals surface area contributed by atoms with E-state index in [-0.39, 0.29) is 10.8 Å².